The third-order valence-electron chi connectivity index (χ3n) is 5.26. The lowest BCUT2D eigenvalue weighted by atomic mass is 10.2. The standard InChI is InChI=1S/C26H22ClN3O5S2/c1-18-7-10-21(11-8-18)29-36(32,33)23-14-12-20(13-15-23)28-26(31)19-9-16-25(24(27)17-19)30-37(34,35)22-5-3-2-4-6-22/h2-17,29-30H,1H3,(H,28,31). The molecule has 37 heavy (non-hydrogen) atoms. The van der Waals surface area contributed by atoms with Crippen LogP contribution in [0.2, 0.25) is 5.02 Å². The van der Waals surface area contributed by atoms with E-state index in [4.69, 9.17) is 11.6 Å². The molecule has 0 spiro atoms. The van der Waals surface area contributed by atoms with Gasteiger partial charge in [0.25, 0.3) is 26.0 Å². The van der Waals surface area contributed by atoms with Crippen molar-refractivity contribution in [2.24, 2.45) is 0 Å². The van der Waals surface area contributed by atoms with E-state index in [1.54, 1.807) is 42.5 Å². The summed E-state index contributed by atoms with van der Waals surface area (Å²) in [5.74, 6) is -0.507. The number of sulfonamides is 2. The van der Waals surface area contributed by atoms with Crippen LogP contribution in [-0.4, -0.2) is 22.7 Å². The molecule has 0 aliphatic heterocycles. The number of benzene rings is 4. The van der Waals surface area contributed by atoms with Crippen LogP contribution >= 0.6 is 11.6 Å². The van der Waals surface area contributed by atoms with Crippen LogP contribution in [0.4, 0.5) is 17.1 Å². The number of nitrogens with one attached hydrogen (secondary N) is 3. The van der Waals surface area contributed by atoms with Gasteiger partial charge >= 0.3 is 0 Å². The Balaban J connectivity index is 1.43. The molecule has 4 aromatic carbocycles. The highest BCUT2D eigenvalue weighted by Gasteiger charge is 2.17. The monoisotopic (exact) mass is 555 g/mol. The molecule has 0 saturated carbocycles. The summed E-state index contributed by atoms with van der Waals surface area (Å²) in [5, 5.41) is 2.70. The minimum atomic E-state index is -3.84. The van der Waals surface area contributed by atoms with Crippen LogP contribution < -0.4 is 14.8 Å². The van der Waals surface area contributed by atoms with Gasteiger partial charge in [-0.25, -0.2) is 16.8 Å². The first-order valence-electron chi connectivity index (χ1n) is 10.9. The molecular formula is C26H22ClN3O5S2. The van der Waals surface area contributed by atoms with E-state index in [1.807, 2.05) is 6.92 Å². The van der Waals surface area contributed by atoms with E-state index in [0.717, 1.165) is 5.56 Å². The summed E-state index contributed by atoms with van der Waals surface area (Å²) >= 11 is 6.24. The fraction of sp³-hybridized carbons (Fsp3) is 0.0385. The van der Waals surface area contributed by atoms with Gasteiger partial charge < -0.3 is 5.32 Å². The Morgan fingerprint density at radius 1 is 0.676 bits per heavy atom. The van der Waals surface area contributed by atoms with E-state index in [2.05, 4.69) is 14.8 Å². The fourth-order valence-electron chi connectivity index (χ4n) is 3.30. The van der Waals surface area contributed by atoms with Gasteiger partial charge in [0.15, 0.2) is 0 Å². The van der Waals surface area contributed by atoms with Crippen molar-refractivity contribution in [3.8, 4) is 0 Å². The zero-order valence-electron chi connectivity index (χ0n) is 19.5. The molecular weight excluding hydrogens is 534 g/mol. The topological polar surface area (TPSA) is 121 Å². The lowest BCUT2D eigenvalue weighted by Crippen LogP contribution is -2.15. The Morgan fingerprint density at radius 3 is 1.86 bits per heavy atom. The zero-order valence-corrected chi connectivity index (χ0v) is 21.9. The first kappa shape index (κ1) is 26.2. The molecule has 11 heteroatoms. The van der Waals surface area contributed by atoms with Gasteiger partial charge in [-0.05, 0) is 73.7 Å². The van der Waals surface area contributed by atoms with Crippen LogP contribution in [-0.2, 0) is 20.0 Å². The molecule has 3 N–H and O–H groups in total. The van der Waals surface area contributed by atoms with Crippen molar-refractivity contribution in [3.63, 3.8) is 0 Å². The highest BCUT2D eigenvalue weighted by Crippen LogP contribution is 2.26. The maximum atomic E-state index is 12.7. The van der Waals surface area contributed by atoms with E-state index in [-0.39, 0.29) is 26.1 Å². The molecule has 0 aromatic heterocycles. The van der Waals surface area contributed by atoms with Crippen LogP contribution in [0.3, 0.4) is 0 Å². The van der Waals surface area contributed by atoms with Crippen LogP contribution in [0.25, 0.3) is 0 Å². The first-order chi connectivity index (χ1) is 17.5. The third-order valence-corrected chi connectivity index (χ3v) is 8.35. The van der Waals surface area contributed by atoms with Crippen LogP contribution in [0.1, 0.15) is 15.9 Å². The van der Waals surface area contributed by atoms with Crippen LogP contribution in [0, 0.1) is 6.92 Å². The molecule has 1 amide bonds. The normalized spacial score (nSPS) is 11.5. The number of aryl methyl sites for hydroxylation is 1. The number of amides is 1. The molecule has 0 bridgehead atoms. The van der Waals surface area contributed by atoms with Crippen molar-refractivity contribution in [1.82, 2.24) is 0 Å². The smallest absolute Gasteiger partial charge is 0.261 e. The predicted molar refractivity (Wildman–Crippen MR) is 145 cm³/mol. The second kappa shape index (κ2) is 10.6. The summed E-state index contributed by atoms with van der Waals surface area (Å²) in [5.41, 5.74) is 2.12. The van der Waals surface area contributed by atoms with Gasteiger partial charge in [-0.15, -0.1) is 0 Å². The molecule has 0 aliphatic carbocycles. The van der Waals surface area contributed by atoms with Crippen molar-refractivity contribution in [1.29, 1.82) is 0 Å². The molecule has 0 saturated heterocycles. The van der Waals surface area contributed by atoms with E-state index in [1.165, 1.54) is 54.6 Å². The number of rotatable bonds is 8. The van der Waals surface area contributed by atoms with Gasteiger partial charge in [0.2, 0.25) is 0 Å². The summed E-state index contributed by atoms with van der Waals surface area (Å²) in [4.78, 5) is 12.8. The largest absolute Gasteiger partial charge is 0.322 e. The van der Waals surface area contributed by atoms with E-state index in [9.17, 15) is 21.6 Å². The summed E-state index contributed by atoms with van der Waals surface area (Å²) in [6.07, 6.45) is 0. The van der Waals surface area contributed by atoms with Crippen molar-refractivity contribution in [2.45, 2.75) is 16.7 Å². The van der Waals surface area contributed by atoms with Gasteiger partial charge in [0.05, 0.1) is 20.5 Å². The molecule has 190 valence electrons. The molecule has 0 fully saturated rings. The number of anilines is 3. The lowest BCUT2D eigenvalue weighted by molar-refractivity contribution is 0.102. The van der Waals surface area contributed by atoms with E-state index >= 15 is 0 Å². The molecule has 4 rings (SSSR count). The summed E-state index contributed by atoms with van der Waals surface area (Å²) < 4.78 is 55.3. The quantitative estimate of drug-likeness (QED) is 0.265. The highest BCUT2D eigenvalue weighted by atomic mass is 35.5. The molecule has 0 heterocycles. The van der Waals surface area contributed by atoms with Crippen LogP contribution in [0.5, 0.6) is 0 Å². The predicted octanol–water partition coefficient (Wildman–Crippen LogP) is 5.50. The van der Waals surface area contributed by atoms with Gasteiger partial charge in [0, 0.05) is 16.9 Å². The number of carbonyl (C=O) groups is 1. The minimum absolute atomic E-state index is 0.0316. The average molecular weight is 556 g/mol. The van der Waals surface area contributed by atoms with Crippen molar-refractivity contribution < 1.29 is 21.6 Å². The van der Waals surface area contributed by atoms with Crippen LogP contribution in [0.15, 0.2) is 107 Å². The van der Waals surface area contributed by atoms with Crippen molar-refractivity contribution in [3.05, 3.63) is 113 Å². The maximum Gasteiger partial charge on any atom is 0.261 e. The molecule has 4 aromatic rings. The zero-order chi connectivity index (χ0) is 26.6. The third kappa shape index (κ3) is 6.48. The van der Waals surface area contributed by atoms with E-state index < -0.39 is 26.0 Å². The van der Waals surface area contributed by atoms with Gasteiger partial charge in [-0.2, -0.15) is 0 Å². The first-order valence-corrected chi connectivity index (χ1v) is 14.3. The number of carbonyl (C=O) groups excluding carboxylic acids is 1. The minimum Gasteiger partial charge on any atom is -0.322 e. The Labute approximate surface area is 220 Å². The average Bonchev–Trinajstić information content (AvgIpc) is 2.87. The summed E-state index contributed by atoms with van der Waals surface area (Å²) in [7, 11) is -7.65. The van der Waals surface area contributed by atoms with Gasteiger partial charge in [-0.3, -0.25) is 14.2 Å². The van der Waals surface area contributed by atoms with Crippen molar-refractivity contribution in [2.75, 3.05) is 14.8 Å². The Kier molecular flexibility index (Phi) is 7.53. The maximum absolute atomic E-state index is 12.7. The Hall–Kier alpha value is -3.86. The molecule has 0 atom stereocenters. The number of hydrogen-bond acceptors (Lipinski definition) is 5. The van der Waals surface area contributed by atoms with Gasteiger partial charge in [-0.1, -0.05) is 47.5 Å². The fourth-order valence-corrected chi connectivity index (χ4v) is 5.74. The van der Waals surface area contributed by atoms with Gasteiger partial charge in [0.1, 0.15) is 0 Å². The molecule has 0 unspecified atom stereocenters. The molecule has 0 radical (unpaired) electrons. The summed E-state index contributed by atoms with van der Waals surface area (Å²) in [6.45, 7) is 1.90. The number of hydrogen-bond donors (Lipinski definition) is 3. The van der Waals surface area contributed by atoms with Crippen molar-refractivity contribution >= 4 is 54.6 Å². The number of halogens is 1. The van der Waals surface area contributed by atoms with E-state index in [0.29, 0.717) is 11.4 Å². The molecule has 8 nitrogen and oxygen atoms in total. The Morgan fingerprint density at radius 2 is 1.24 bits per heavy atom. The molecule has 0 aliphatic rings. The highest BCUT2D eigenvalue weighted by molar-refractivity contribution is 7.93. The SMILES string of the molecule is Cc1ccc(NS(=O)(=O)c2ccc(NC(=O)c3ccc(NS(=O)(=O)c4ccccc4)c(Cl)c3)cc2)cc1. The lowest BCUT2D eigenvalue weighted by Gasteiger charge is -2.12. The second-order valence-corrected chi connectivity index (χ2v) is 11.8. The second-order valence-electron chi connectivity index (χ2n) is 8.06. The Bertz CT molecular complexity index is 1640. The summed E-state index contributed by atoms with van der Waals surface area (Å²) in [6, 6.07) is 24.6.